The maximum atomic E-state index is 12.7. The van der Waals surface area contributed by atoms with Gasteiger partial charge in [-0.25, -0.2) is 0 Å². The smallest absolute Gasteiger partial charge is 0.265 e. The molecule has 3 aromatic carbocycles. The first kappa shape index (κ1) is 20.5. The molecule has 6 nitrogen and oxygen atoms in total. The molecule has 1 aliphatic heterocycles. The Balaban J connectivity index is 1.48. The summed E-state index contributed by atoms with van der Waals surface area (Å²) < 4.78 is 11.4. The van der Waals surface area contributed by atoms with E-state index >= 15 is 0 Å². The molecule has 3 aromatic rings. The van der Waals surface area contributed by atoms with Gasteiger partial charge in [-0.1, -0.05) is 35.9 Å². The molecule has 1 N–H and O–H groups in total. The van der Waals surface area contributed by atoms with Crippen molar-refractivity contribution in [1.29, 1.82) is 0 Å². The van der Waals surface area contributed by atoms with Gasteiger partial charge in [0.25, 0.3) is 11.8 Å². The fourth-order valence-corrected chi connectivity index (χ4v) is 3.44. The van der Waals surface area contributed by atoms with Crippen LogP contribution in [0.5, 0.6) is 11.5 Å². The van der Waals surface area contributed by atoms with Gasteiger partial charge in [0.15, 0.2) is 6.61 Å². The van der Waals surface area contributed by atoms with Crippen molar-refractivity contribution in [2.45, 2.75) is 13.8 Å². The molecule has 0 saturated heterocycles. The molecule has 0 spiro atoms. The Morgan fingerprint density at radius 1 is 1.06 bits per heavy atom. The highest BCUT2D eigenvalue weighted by atomic mass is 16.5. The van der Waals surface area contributed by atoms with E-state index in [1.54, 1.807) is 29.2 Å². The van der Waals surface area contributed by atoms with Gasteiger partial charge in [0.1, 0.15) is 18.1 Å². The molecular weight excluding hydrogens is 392 g/mol. The second-order valence-electron chi connectivity index (χ2n) is 7.45. The molecule has 31 heavy (non-hydrogen) atoms. The number of hydrogen-bond donors (Lipinski definition) is 1. The van der Waals surface area contributed by atoms with Gasteiger partial charge in [0, 0.05) is 11.3 Å². The number of carbonyl (C=O) groups is 2. The van der Waals surface area contributed by atoms with Gasteiger partial charge < -0.3 is 19.7 Å². The van der Waals surface area contributed by atoms with Crippen LogP contribution in [0.25, 0.3) is 0 Å². The van der Waals surface area contributed by atoms with Crippen LogP contribution in [0, 0.1) is 13.8 Å². The number of anilines is 2. The number of fused-ring (bicyclic) bond motifs is 1. The van der Waals surface area contributed by atoms with E-state index in [9.17, 15) is 9.59 Å². The van der Waals surface area contributed by atoms with E-state index in [4.69, 9.17) is 9.47 Å². The predicted molar refractivity (Wildman–Crippen MR) is 120 cm³/mol. The predicted octanol–water partition coefficient (Wildman–Crippen LogP) is 4.36. The van der Waals surface area contributed by atoms with Crippen LogP contribution in [-0.2, 0) is 4.79 Å². The largest absolute Gasteiger partial charge is 0.492 e. The summed E-state index contributed by atoms with van der Waals surface area (Å²) in [5.74, 6) is 1.01. The van der Waals surface area contributed by atoms with Crippen LogP contribution in [-0.4, -0.2) is 31.6 Å². The third-order valence-corrected chi connectivity index (χ3v) is 5.15. The number of nitrogens with zero attached hydrogens (tertiary/aromatic N) is 1. The number of rotatable bonds is 6. The second kappa shape index (κ2) is 8.92. The number of carbonyl (C=O) groups excluding carboxylic acids is 2. The lowest BCUT2D eigenvalue weighted by Crippen LogP contribution is -2.41. The number of hydrogen-bond acceptors (Lipinski definition) is 4. The average Bonchev–Trinajstić information content (AvgIpc) is 2.77. The van der Waals surface area contributed by atoms with Gasteiger partial charge in [-0.05, 0) is 55.8 Å². The van der Waals surface area contributed by atoms with E-state index in [1.807, 2.05) is 56.3 Å². The van der Waals surface area contributed by atoms with Gasteiger partial charge in [0.2, 0.25) is 0 Å². The van der Waals surface area contributed by atoms with Crippen LogP contribution in [0.2, 0.25) is 0 Å². The summed E-state index contributed by atoms with van der Waals surface area (Å²) in [4.78, 5) is 26.8. The Labute approximate surface area is 181 Å². The third-order valence-electron chi connectivity index (χ3n) is 5.15. The molecule has 0 unspecified atom stereocenters. The normalized spacial score (nSPS) is 12.7. The van der Waals surface area contributed by atoms with Crippen LogP contribution >= 0.6 is 0 Å². The highest BCUT2D eigenvalue weighted by Crippen LogP contribution is 2.34. The summed E-state index contributed by atoms with van der Waals surface area (Å²) >= 11 is 0. The van der Waals surface area contributed by atoms with Gasteiger partial charge in [0.05, 0.1) is 12.2 Å². The molecule has 0 fully saturated rings. The van der Waals surface area contributed by atoms with Crippen LogP contribution < -0.4 is 19.7 Å². The zero-order chi connectivity index (χ0) is 21.8. The molecule has 0 bridgehead atoms. The number of amides is 2. The highest BCUT2D eigenvalue weighted by Gasteiger charge is 2.26. The topological polar surface area (TPSA) is 67.9 Å². The molecule has 6 heteroatoms. The summed E-state index contributed by atoms with van der Waals surface area (Å²) in [5, 5.41) is 2.91. The summed E-state index contributed by atoms with van der Waals surface area (Å²) in [5.41, 5.74) is 3.87. The Kier molecular flexibility index (Phi) is 5.89. The molecular formula is C25H24N2O4. The lowest BCUT2D eigenvalue weighted by Gasteiger charge is -2.29. The molecule has 0 aliphatic carbocycles. The van der Waals surface area contributed by atoms with E-state index in [1.165, 1.54) is 0 Å². The first-order valence-corrected chi connectivity index (χ1v) is 10.1. The summed E-state index contributed by atoms with van der Waals surface area (Å²) in [6.07, 6.45) is 0. The Morgan fingerprint density at radius 3 is 2.61 bits per heavy atom. The Bertz CT molecular complexity index is 1110. The maximum absolute atomic E-state index is 12.7. The van der Waals surface area contributed by atoms with Gasteiger partial charge in [-0.3, -0.25) is 9.59 Å². The fraction of sp³-hybridized carbons (Fsp3) is 0.200. The fourth-order valence-electron chi connectivity index (χ4n) is 3.44. The van der Waals surface area contributed by atoms with Gasteiger partial charge >= 0.3 is 0 Å². The molecule has 1 heterocycles. The van der Waals surface area contributed by atoms with Crippen molar-refractivity contribution in [3.8, 4) is 11.5 Å². The second-order valence-corrected chi connectivity index (χ2v) is 7.45. The molecule has 4 rings (SSSR count). The van der Waals surface area contributed by atoms with Crippen molar-refractivity contribution < 1.29 is 19.1 Å². The van der Waals surface area contributed by atoms with Crippen LogP contribution in [0.1, 0.15) is 21.5 Å². The minimum absolute atomic E-state index is 0.0214. The standard InChI is InChI=1S/C25H24N2O4/c1-17-7-10-20(11-8-17)30-14-13-27-22-15-19(9-12-23(22)31-16-24(27)28)26-25(29)21-6-4-3-5-18(21)2/h3-12,15H,13-14,16H2,1-2H3,(H,26,29). The summed E-state index contributed by atoms with van der Waals surface area (Å²) in [6, 6.07) is 20.5. The van der Waals surface area contributed by atoms with Crippen molar-refractivity contribution in [3.63, 3.8) is 0 Å². The quantitative estimate of drug-likeness (QED) is 0.648. The maximum Gasteiger partial charge on any atom is 0.265 e. The number of nitrogens with one attached hydrogen (secondary N) is 1. The monoisotopic (exact) mass is 416 g/mol. The van der Waals surface area contributed by atoms with Crippen LogP contribution in [0.15, 0.2) is 66.7 Å². The first-order chi connectivity index (χ1) is 15.0. The zero-order valence-corrected chi connectivity index (χ0v) is 17.6. The number of aryl methyl sites for hydroxylation is 2. The van der Waals surface area contributed by atoms with Crippen molar-refractivity contribution in [2.75, 3.05) is 30.0 Å². The Hall–Kier alpha value is -3.80. The molecule has 0 aromatic heterocycles. The van der Waals surface area contributed by atoms with E-state index in [-0.39, 0.29) is 18.4 Å². The lowest BCUT2D eigenvalue weighted by atomic mass is 10.1. The molecule has 2 amide bonds. The van der Waals surface area contributed by atoms with Crippen molar-refractivity contribution in [1.82, 2.24) is 0 Å². The minimum atomic E-state index is -0.199. The molecule has 158 valence electrons. The van der Waals surface area contributed by atoms with Crippen LogP contribution in [0.3, 0.4) is 0 Å². The number of ether oxygens (including phenoxy) is 2. The minimum Gasteiger partial charge on any atom is -0.492 e. The van der Waals surface area contributed by atoms with Crippen LogP contribution in [0.4, 0.5) is 11.4 Å². The van der Waals surface area contributed by atoms with E-state index in [2.05, 4.69) is 5.32 Å². The van der Waals surface area contributed by atoms with E-state index in [0.717, 1.165) is 16.9 Å². The van der Waals surface area contributed by atoms with E-state index in [0.29, 0.717) is 35.8 Å². The third kappa shape index (κ3) is 4.69. The van der Waals surface area contributed by atoms with Crippen molar-refractivity contribution in [3.05, 3.63) is 83.4 Å². The molecule has 0 atom stereocenters. The van der Waals surface area contributed by atoms with E-state index < -0.39 is 0 Å². The molecule has 1 aliphatic rings. The summed E-state index contributed by atoms with van der Waals surface area (Å²) in [6.45, 7) is 4.60. The van der Waals surface area contributed by atoms with Gasteiger partial charge in [-0.15, -0.1) is 0 Å². The molecule has 0 radical (unpaired) electrons. The van der Waals surface area contributed by atoms with Crippen molar-refractivity contribution >= 4 is 23.2 Å². The first-order valence-electron chi connectivity index (χ1n) is 10.1. The number of benzene rings is 3. The van der Waals surface area contributed by atoms with Crippen molar-refractivity contribution in [2.24, 2.45) is 0 Å². The van der Waals surface area contributed by atoms with Gasteiger partial charge in [-0.2, -0.15) is 0 Å². The SMILES string of the molecule is Cc1ccc(OCCN2C(=O)COc3ccc(NC(=O)c4ccccc4C)cc32)cc1. The highest BCUT2D eigenvalue weighted by molar-refractivity contribution is 6.06. The zero-order valence-electron chi connectivity index (χ0n) is 17.6. The lowest BCUT2D eigenvalue weighted by molar-refractivity contribution is -0.121. The Morgan fingerprint density at radius 2 is 1.84 bits per heavy atom. The molecule has 0 saturated carbocycles. The average molecular weight is 416 g/mol. The summed E-state index contributed by atoms with van der Waals surface area (Å²) in [7, 11) is 0.